The molecule has 0 saturated carbocycles. The Labute approximate surface area is 186 Å². The molecule has 9 heteroatoms. The molecule has 0 spiro atoms. The number of carbonyl (C=O) groups excluding carboxylic acids is 1. The maximum absolute atomic E-state index is 13.0. The highest BCUT2D eigenvalue weighted by molar-refractivity contribution is 6.31. The molecule has 0 unspecified atom stereocenters. The molecule has 0 aromatic heterocycles. The van der Waals surface area contributed by atoms with Crippen LogP contribution < -0.4 is 14.8 Å². The van der Waals surface area contributed by atoms with Gasteiger partial charge in [0.25, 0.3) is 11.6 Å². The standard InChI is InChI=1S/C22H26ClN3O5/c1-3-31-21-12-16(18(26(28)29)13-20(21)30-2)22(27)24-14-19(25-10-6-7-11-25)15-8-4-5-9-17(15)23/h4-5,8-9,12-13,19H,3,6-7,10-11,14H2,1-2H3,(H,24,27)/t19-/m0/s1. The molecule has 1 fully saturated rings. The Hall–Kier alpha value is -2.84. The van der Waals surface area contributed by atoms with Crippen molar-refractivity contribution in [1.82, 2.24) is 10.2 Å². The molecule has 0 aliphatic carbocycles. The minimum absolute atomic E-state index is 0.0754. The Balaban J connectivity index is 1.87. The van der Waals surface area contributed by atoms with Crippen LogP contribution in [0.1, 0.15) is 41.7 Å². The summed E-state index contributed by atoms with van der Waals surface area (Å²) in [5.74, 6) is -0.0642. The molecule has 1 saturated heterocycles. The third-order valence-corrected chi connectivity index (χ3v) is 5.67. The van der Waals surface area contributed by atoms with Crippen molar-refractivity contribution in [2.24, 2.45) is 0 Å². The first-order valence-corrected chi connectivity index (χ1v) is 10.6. The SMILES string of the molecule is CCOc1cc(C(=O)NC[C@@H](c2ccccc2Cl)N2CCCC2)c([N+](=O)[O-])cc1OC. The van der Waals surface area contributed by atoms with Gasteiger partial charge < -0.3 is 14.8 Å². The van der Waals surface area contributed by atoms with Crippen molar-refractivity contribution in [3.8, 4) is 11.5 Å². The summed E-state index contributed by atoms with van der Waals surface area (Å²) in [7, 11) is 1.39. The van der Waals surface area contributed by atoms with Gasteiger partial charge in [0.05, 0.1) is 30.7 Å². The van der Waals surface area contributed by atoms with Crippen molar-refractivity contribution in [3.63, 3.8) is 0 Å². The van der Waals surface area contributed by atoms with Crippen LogP contribution in [0.4, 0.5) is 5.69 Å². The van der Waals surface area contributed by atoms with Gasteiger partial charge in [0.2, 0.25) is 0 Å². The molecule has 2 aromatic rings. The van der Waals surface area contributed by atoms with Gasteiger partial charge in [-0.05, 0) is 44.5 Å². The minimum atomic E-state index is -0.598. The quantitative estimate of drug-likeness (QED) is 0.457. The number of hydrogen-bond acceptors (Lipinski definition) is 6. The van der Waals surface area contributed by atoms with Gasteiger partial charge in [-0.25, -0.2) is 0 Å². The van der Waals surface area contributed by atoms with Crippen LogP contribution in [-0.2, 0) is 0 Å². The topological polar surface area (TPSA) is 93.9 Å². The molecule has 3 rings (SSSR count). The molecule has 1 aliphatic rings. The predicted molar refractivity (Wildman–Crippen MR) is 118 cm³/mol. The predicted octanol–water partition coefficient (Wildman–Crippen LogP) is 4.22. The Bertz CT molecular complexity index is 947. The van der Waals surface area contributed by atoms with Gasteiger partial charge >= 0.3 is 0 Å². The van der Waals surface area contributed by atoms with Crippen molar-refractivity contribution in [2.45, 2.75) is 25.8 Å². The van der Waals surface area contributed by atoms with E-state index in [1.807, 2.05) is 24.3 Å². The Morgan fingerprint density at radius 3 is 2.58 bits per heavy atom. The van der Waals surface area contributed by atoms with Crippen LogP contribution in [0.25, 0.3) is 0 Å². The summed E-state index contributed by atoms with van der Waals surface area (Å²) in [5.41, 5.74) is 0.507. The molecular formula is C22H26ClN3O5. The largest absolute Gasteiger partial charge is 0.493 e. The van der Waals surface area contributed by atoms with E-state index in [-0.39, 0.29) is 35.3 Å². The zero-order chi connectivity index (χ0) is 22.4. The Kier molecular flexibility index (Phi) is 7.70. The van der Waals surface area contributed by atoms with Crippen LogP contribution in [0.5, 0.6) is 11.5 Å². The molecular weight excluding hydrogens is 422 g/mol. The number of methoxy groups -OCH3 is 1. The van der Waals surface area contributed by atoms with E-state index < -0.39 is 10.8 Å². The number of rotatable bonds is 9. The lowest BCUT2D eigenvalue weighted by atomic mass is 10.0. The number of benzene rings is 2. The smallest absolute Gasteiger partial charge is 0.286 e. The first-order valence-electron chi connectivity index (χ1n) is 10.2. The fraction of sp³-hybridized carbons (Fsp3) is 0.409. The number of hydrogen-bond donors (Lipinski definition) is 1. The molecule has 31 heavy (non-hydrogen) atoms. The van der Waals surface area contributed by atoms with Crippen LogP contribution in [0, 0.1) is 10.1 Å². The molecule has 0 bridgehead atoms. The average Bonchev–Trinajstić information content (AvgIpc) is 3.29. The molecule has 8 nitrogen and oxygen atoms in total. The second kappa shape index (κ2) is 10.5. The van der Waals surface area contributed by atoms with Crippen molar-refractivity contribution in [2.75, 3.05) is 33.4 Å². The lowest BCUT2D eigenvalue weighted by Crippen LogP contribution is -2.37. The average molecular weight is 448 g/mol. The lowest BCUT2D eigenvalue weighted by Gasteiger charge is -2.29. The fourth-order valence-electron chi connectivity index (χ4n) is 3.83. The Morgan fingerprint density at radius 1 is 1.26 bits per heavy atom. The summed E-state index contributed by atoms with van der Waals surface area (Å²) in [6.07, 6.45) is 2.16. The number of halogens is 1. The van der Waals surface area contributed by atoms with Gasteiger partial charge in [-0.2, -0.15) is 0 Å². The van der Waals surface area contributed by atoms with E-state index in [1.165, 1.54) is 19.2 Å². The number of nitro groups is 1. The number of nitrogens with zero attached hydrogens (tertiary/aromatic N) is 2. The summed E-state index contributed by atoms with van der Waals surface area (Å²) in [4.78, 5) is 26.3. The van der Waals surface area contributed by atoms with Crippen molar-refractivity contribution < 1.29 is 19.2 Å². The minimum Gasteiger partial charge on any atom is -0.493 e. The van der Waals surface area contributed by atoms with Gasteiger partial charge in [0, 0.05) is 17.6 Å². The maximum Gasteiger partial charge on any atom is 0.286 e. The molecule has 1 heterocycles. The number of carbonyl (C=O) groups is 1. The maximum atomic E-state index is 13.0. The third-order valence-electron chi connectivity index (χ3n) is 5.32. The Morgan fingerprint density at radius 2 is 1.97 bits per heavy atom. The van der Waals surface area contributed by atoms with E-state index in [0.717, 1.165) is 31.5 Å². The van der Waals surface area contributed by atoms with E-state index >= 15 is 0 Å². The summed E-state index contributed by atoms with van der Waals surface area (Å²) in [5, 5.41) is 15.1. The highest BCUT2D eigenvalue weighted by atomic mass is 35.5. The number of nitrogens with one attached hydrogen (secondary N) is 1. The van der Waals surface area contributed by atoms with Crippen LogP contribution in [-0.4, -0.2) is 49.1 Å². The van der Waals surface area contributed by atoms with Crippen LogP contribution in [0.3, 0.4) is 0 Å². The van der Waals surface area contributed by atoms with Gasteiger partial charge in [-0.1, -0.05) is 29.8 Å². The van der Waals surface area contributed by atoms with E-state index in [9.17, 15) is 14.9 Å². The highest BCUT2D eigenvalue weighted by Crippen LogP contribution is 2.35. The van der Waals surface area contributed by atoms with Gasteiger partial charge in [-0.15, -0.1) is 0 Å². The normalized spacial score (nSPS) is 14.8. The van der Waals surface area contributed by atoms with E-state index in [0.29, 0.717) is 11.6 Å². The molecule has 2 aromatic carbocycles. The third kappa shape index (κ3) is 5.26. The van der Waals surface area contributed by atoms with Crippen LogP contribution in [0.15, 0.2) is 36.4 Å². The molecule has 166 valence electrons. The van der Waals surface area contributed by atoms with Crippen molar-refractivity contribution in [3.05, 3.63) is 62.7 Å². The van der Waals surface area contributed by atoms with Gasteiger partial charge in [0.15, 0.2) is 11.5 Å². The zero-order valence-electron chi connectivity index (χ0n) is 17.6. The van der Waals surface area contributed by atoms with Crippen LogP contribution in [0.2, 0.25) is 5.02 Å². The number of ether oxygens (including phenoxy) is 2. The molecule has 0 radical (unpaired) electrons. The summed E-state index contributed by atoms with van der Waals surface area (Å²) < 4.78 is 10.7. The van der Waals surface area contributed by atoms with Crippen LogP contribution >= 0.6 is 11.6 Å². The van der Waals surface area contributed by atoms with Crippen molar-refractivity contribution in [1.29, 1.82) is 0 Å². The summed E-state index contributed by atoms with van der Waals surface area (Å²) in [6.45, 7) is 4.20. The lowest BCUT2D eigenvalue weighted by molar-refractivity contribution is -0.385. The second-order valence-electron chi connectivity index (χ2n) is 7.20. The first-order chi connectivity index (χ1) is 15.0. The molecule has 1 N–H and O–H groups in total. The highest BCUT2D eigenvalue weighted by Gasteiger charge is 2.28. The molecule has 1 amide bonds. The van der Waals surface area contributed by atoms with E-state index in [1.54, 1.807) is 6.92 Å². The summed E-state index contributed by atoms with van der Waals surface area (Å²) in [6, 6.07) is 9.99. The fourth-order valence-corrected chi connectivity index (χ4v) is 4.09. The molecule has 1 atom stereocenters. The summed E-state index contributed by atoms with van der Waals surface area (Å²) >= 11 is 6.43. The van der Waals surface area contributed by atoms with E-state index in [2.05, 4.69) is 10.2 Å². The number of amides is 1. The number of likely N-dealkylation sites (tertiary alicyclic amines) is 1. The first kappa shape index (κ1) is 22.8. The van der Waals surface area contributed by atoms with Gasteiger partial charge in [0.1, 0.15) is 5.56 Å². The zero-order valence-corrected chi connectivity index (χ0v) is 18.4. The molecule has 1 aliphatic heterocycles. The monoisotopic (exact) mass is 447 g/mol. The van der Waals surface area contributed by atoms with Crippen molar-refractivity contribution >= 4 is 23.2 Å². The number of nitro benzene ring substituents is 1. The second-order valence-corrected chi connectivity index (χ2v) is 7.61. The van der Waals surface area contributed by atoms with E-state index in [4.69, 9.17) is 21.1 Å². The van der Waals surface area contributed by atoms with Gasteiger partial charge in [-0.3, -0.25) is 19.8 Å².